The first-order chi connectivity index (χ1) is 12.6. The van der Waals surface area contributed by atoms with Crippen LogP contribution >= 0.6 is 0 Å². The van der Waals surface area contributed by atoms with Gasteiger partial charge in [0.2, 0.25) is 5.91 Å². The van der Waals surface area contributed by atoms with Gasteiger partial charge >= 0.3 is 0 Å². The summed E-state index contributed by atoms with van der Waals surface area (Å²) in [6.07, 6.45) is 7.84. The van der Waals surface area contributed by atoms with Crippen LogP contribution in [0.1, 0.15) is 46.9 Å². The zero-order valence-electron chi connectivity index (χ0n) is 14.8. The number of carbonyl (C=O) groups is 2. The van der Waals surface area contributed by atoms with Crippen LogP contribution < -0.4 is 5.32 Å². The van der Waals surface area contributed by atoms with E-state index in [2.05, 4.69) is 15.3 Å². The number of aryl methyl sites for hydroxylation is 1. The molecule has 0 unspecified atom stereocenters. The zero-order valence-corrected chi connectivity index (χ0v) is 14.8. The standard InChI is InChI=1S/C20H22N4O2/c1-13-17(5-3-9-22-13)20(26)23-12-15-10-18(25)24(16-6-7-16)19(15)14-4-2-8-21-11-14/h2-5,8-9,11,15-16,19H,6-7,10,12H2,1H3,(H,23,26)/t15-,19-/m0/s1. The summed E-state index contributed by atoms with van der Waals surface area (Å²) < 4.78 is 0. The van der Waals surface area contributed by atoms with Crippen molar-refractivity contribution in [2.45, 2.75) is 38.3 Å². The summed E-state index contributed by atoms with van der Waals surface area (Å²) >= 11 is 0. The van der Waals surface area contributed by atoms with Gasteiger partial charge in [-0.3, -0.25) is 19.6 Å². The summed E-state index contributed by atoms with van der Waals surface area (Å²) in [5.74, 6) is 0.0873. The number of carbonyl (C=O) groups excluding carboxylic acids is 2. The fraction of sp³-hybridized carbons (Fsp3) is 0.400. The number of nitrogens with zero attached hydrogens (tertiary/aromatic N) is 3. The SMILES string of the molecule is Cc1ncccc1C(=O)NC[C@@H]1CC(=O)N(C2CC2)[C@H]1c1cccnc1. The fourth-order valence-electron chi connectivity index (χ4n) is 3.82. The van der Waals surface area contributed by atoms with E-state index in [4.69, 9.17) is 0 Å². The zero-order chi connectivity index (χ0) is 18.1. The largest absolute Gasteiger partial charge is 0.352 e. The quantitative estimate of drug-likeness (QED) is 0.898. The molecule has 2 aliphatic rings. The van der Waals surface area contributed by atoms with Crippen molar-refractivity contribution < 1.29 is 9.59 Å². The average Bonchev–Trinajstić information content (AvgIpc) is 3.43. The van der Waals surface area contributed by atoms with Gasteiger partial charge in [-0.2, -0.15) is 0 Å². The number of likely N-dealkylation sites (tertiary alicyclic amines) is 1. The lowest BCUT2D eigenvalue weighted by atomic mass is 9.94. The highest BCUT2D eigenvalue weighted by Gasteiger charge is 2.47. The van der Waals surface area contributed by atoms with Gasteiger partial charge in [-0.1, -0.05) is 6.07 Å². The van der Waals surface area contributed by atoms with E-state index >= 15 is 0 Å². The van der Waals surface area contributed by atoms with Crippen molar-refractivity contribution in [3.63, 3.8) is 0 Å². The number of nitrogens with one attached hydrogen (secondary N) is 1. The third-order valence-electron chi connectivity index (χ3n) is 5.21. The van der Waals surface area contributed by atoms with Crippen molar-refractivity contribution in [1.82, 2.24) is 20.2 Å². The normalized spacial score (nSPS) is 22.5. The van der Waals surface area contributed by atoms with Gasteiger partial charge in [0, 0.05) is 49.2 Å². The molecule has 0 aromatic carbocycles. The molecule has 6 heteroatoms. The Labute approximate surface area is 152 Å². The van der Waals surface area contributed by atoms with Gasteiger partial charge in [0.15, 0.2) is 0 Å². The number of aromatic nitrogens is 2. The predicted octanol–water partition coefficient (Wildman–Crippen LogP) is 2.27. The monoisotopic (exact) mass is 350 g/mol. The Morgan fingerprint density at radius 1 is 1.27 bits per heavy atom. The van der Waals surface area contributed by atoms with Gasteiger partial charge in [-0.05, 0) is 43.5 Å². The summed E-state index contributed by atoms with van der Waals surface area (Å²) in [4.78, 5) is 35.5. The van der Waals surface area contributed by atoms with Gasteiger partial charge < -0.3 is 10.2 Å². The molecule has 26 heavy (non-hydrogen) atoms. The Kier molecular flexibility index (Phi) is 4.41. The van der Waals surface area contributed by atoms with Crippen molar-refractivity contribution in [2.75, 3.05) is 6.54 Å². The van der Waals surface area contributed by atoms with E-state index in [0.717, 1.165) is 18.4 Å². The summed E-state index contributed by atoms with van der Waals surface area (Å²) in [5.41, 5.74) is 2.33. The lowest BCUT2D eigenvalue weighted by Crippen LogP contribution is -2.35. The van der Waals surface area contributed by atoms with Crippen molar-refractivity contribution in [3.05, 3.63) is 59.7 Å². The number of hydrogen-bond donors (Lipinski definition) is 1. The second-order valence-electron chi connectivity index (χ2n) is 7.07. The molecule has 2 atom stereocenters. The van der Waals surface area contributed by atoms with Gasteiger partial charge in [0.25, 0.3) is 5.91 Å². The van der Waals surface area contributed by atoms with Gasteiger partial charge in [0.1, 0.15) is 0 Å². The van der Waals surface area contributed by atoms with E-state index in [9.17, 15) is 9.59 Å². The number of pyridine rings is 2. The van der Waals surface area contributed by atoms with E-state index < -0.39 is 0 Å². The summed E-state index contributed by atoms with van der Waals surface area (Å²) in [6.45, 7) is 2.28. The highest BCUT2D eigenvalue weighted by Crippen LogP contribution is 2.44. The third-order valence-corrected chi connectivity index (χ3v) is 5.21. The van der Waals surface area contributed by atoms with E-state index in [-0.39, 0.29) is 23.8 Å². The highest BCUT2D eigenvalue weighted by molar-refractivity contribution is 5.95. The van der Waals surface area contributed by atoms with Crippen LogP contribution in [-0.4, -0.2) is 39.3 Å². The minimum atomic E-state index is -0.141. The second kappa shape index (κ2) is 6.86. The van der Waals surface area contributed by atoms with E-state index in [1.165, 1.54) is 0 Å². The molecule has 2 aromatic heterocycles. The van der Waals surface area contributed by atoms with Crippen LogP contribution in [0.3, 0.4) is 0 Å². The number of hydrogen-bond acceptors (Lipinski definition) is 4. The second-order valence-corrected chi connectivity index (χ2v) is 7.07. The van der Waals surface area contributed by atoms with E-state index in [0.29, 0.717) is 30.3 Å². The maximum Gasteiger partial charge on any atom is 0.253 e. The Balaban J connectivity index is 1.52. The Morgan fingerprint density at radius 2 is 2.08 bits per heavy atom. The molecule has 0 radical (unpaired) electrons. The third kappa shape index (κ3) is 3.19. The summed E-state index contributed by atoms with van der Waals surface area (Å²) in [6, 6.07) is 7.78. The van der Waals surface area contributed by atoms with Gasteiger partial charge in [0.05, 0.1) is 11.6 Å². The fourth-order valence-corrected chi connectivity index (χ4v) is 3.82. The van der Waals surface area contributed by atoms with Crippen molar-refractivity contribution in [3.8, 4) is 0 Å². The van der Waals surface area contributed by atoms with Crippen LogP contribution in [0.15, 0.2) is 42.9 Å². The first-order valence-corrected chi connectivity index (χ1v) is 9.06. The molecule has 0 spiro atoms. The first-order valence-electron chi connectivity index (χ1n) is 9.06. The minimum Gasteiger partial charge on any atom is -0.352 e. The first kappa shape index (κ1) is 16.7. The van der Waals surface area contributed by atoms with Crippen LogP contribution in [0.4, 0.5) is 0 Å². The van der Waals surface area contributed by atoms with Gasteiger partial charge in [-0.15, -0.1) is 0 Å². The predicted molar refractivity (Wildman–Crippen MR) is 96.3 cm³/mol. The molecule has 1 aliphatic heterocycles. The number of amides is 2. The molecule has 2 aromatic rings. The molecule has 134 valence electrons. The summed E-state index contributed by atoms with van der Waals surface area (Å²) in [5, 5.41) is 3.00. The van der Waals surface area contributed by atoms with Crippen molar-refractivity contribution >= 4 is 11.8 Å². The molecule has 2 amide bonds. The van der Waals surface area contributed by atoms with Crippen LogP contribution in [0, 0.1) is 12.8 Å². The Morgan fingerprint density at radius 3 is 2.77 bits per heavy atom. The average molecular weight is 350 g/mol. The van der Waals surface area contributed by atoms with E-state index in [1.54, 1.807) is 24.5 Å². The van der Waals surface area contributed by atoms with Crippen molar-refractivity contribution in [2.24, 2.45) is 5.92 Å². The molecular weight excluding hydrogens is 328 g/mol. The van der Waals surface area contributed by atoms with E-state index in [1.807, 2.05) is 30.2 Å². The molecule has 1 aliphatic carbocycles. The molecular formula is C20H22N4O2. The lowest BCUT2D eigenvalue weighted by molar-refractivity contribution is -0.129. The molecule has 1 saturated heterocycles. The summed E-state index contributed by atoms with van der Waals surface area (Å²) in [7, 11) is 0. The van der Waals surface area contributed by atoms with Crippen LogP contribution in [0.25, 0.3) is 0 Å². The van der Waals surface area contributed by atoms with Crippen LogP contribution in [-0.2, 0) is 4.79 Å². The smallest absolute Gasteiger partial charge is 0.253 e. The Bertz CT molecular complexity index is 820. The molecule has 3 heterocycles. The van der Waals surface area contributed by atoms with Gasteiger partial charge in [-0.25, -0.2) is 0 Å². The highest BCUT2D eigenvalue weighted by atomic mass is 16.2. The molecule has 2 fully saturated rings. The van der Waals surface area contributed by atoms with Crippen LogP contribution in [0.2, 0.25) is 0 Å². The Hall–Kier alpha value is -2.76. The molecule has 6 nitrogen and oxygen atoms in total. The van der Waals surface area contributed by atoms with Crippen molar-refractivity contribution in [1.29, 1.82) is 0 Å². The minimum absolute atomic E-state index is 0.0148. The number of rotatable bonds is 5. The topological polar surface area (TPSA) is 75.2 Å². The molecule has 1 N–H and O–H groups in total. The molecule has 4 rings (SSSR count). The maximum absolute atomic E-state index is 12.6. The maximum atomic E-state index is 12.6. The molecule has 0 bridgehead atoms. The lowest BCUT2D eigenvalue weighted by Gasteiger charge is -2.28. The van der Waals surface area contributed by atoms with Crippen LogP contribution in [0.5, 0.6) is 0 Å². The molecule has 1 saturated carbocycles.